The summed E-state index contributed by atoms with van der Waals surface area (Å²) in [6.07, 6.45) is 3.10. The quantitative estimate of drug-likeness (QED) is 0.658. The molecule has 3 rings (SSSR count). The lowest BCUT2D eigenvalue weighted by Gasteiger charge is -2.24. The van der Waals surface area contributed by atoms with Gasteiger partial charge < -0.3 is 15.1 Å². The van der Waals surface area contributed by atoms with Gasteiger partial charge in [-0.2, -0.15) is 8.78 Å². The number of amides is 1. The number of thioether (sulfide) groups is 1. The minimum Gasteiger partial charge on any atom is -0.464 e. The summed E-state index contributed by atoms with van der Waals surface area (Å²) in [5, 5.41) is 6.23. The molecule has 1 aromatic carbocycles. The summed E-state index contributed by atoms with van der Waals surface area (Å²) in [6, 6.07) is 11.3. The monoisotopic (exact) mass is 380 g/mol. The highest BCUT2D eigenvalue weighted by Gasteiger charge is 2.25. The Balaban J connectivity index is 1.44. The van der Waals surface area contributed by atoms with Gasteiger partial charge >= 0.3 is 0 Å². The van der Waals surface area contributed by atoms with Crippen LogP contribution in [0.3, 0.4) is 0 Å². The van der Waals surface area contributed by atoms with Gasteiger partial charge in [0.1, 0.15) is 11.5 Å². The Kier molecular flexibility index (Phi) is 6.68. The van der Waals surface area contributed by atoms with Crippen molar-refractivity contribution in [3.63, 3.8) is 0 Å². The van der Waals surface area contributed by atoms with Crippen molar-refractivity contribution in [1.82, 2.24) is 5.32 Å². The first-order valence-electron chi connectivity index (χ1n) is 8.68. The summed E-state index contributed by atoms with van der Waals surface area (Å²) in [5.41, 5.74) is 1.86. The zero-order valence-corrected chi connectivity index (χ0v) is 15.2. The second-order valence-corrected chi connectivity index (χ2v) is 7.34. The number of anilines is 1. The Morgan fingerprint density at radius 2 is 2.00 bits per heavy atom. The molecule has 140 valence electrons. The third-order valence-electron chi connectivity index (χ3n) is 4.37. The van der Waals surface area contributed by atoms with E-state index in [1.54, 1.807) is 12.1 Å². The second-order valence-electron chi connectivity index (χ2n) is 6.36. The van der Waals surface area contributed by atoms with Crippen LogP contribution in [0.15, 0.2) is 40.8 Å². The molecule has 0 unspecified atom stereocenters. The van der Waals surface area contributed by atoms with Crippen LogP contribution < -0.4 is 10.6 Å². The Labute approximate surface area is 155 Å². The maximum atomic E-state index is 12.2. The van der Waals surface area contributed by atoms with Crippen LogP contribution in [0.4, 0.5) is 14.5 Å². The van der Waals surface area contributed by atoms with Gasteiger partial charge in [-0.25, -0.2) is 0 Å². The molecule has 0 radical (unpaired) electrons. The van der Waals surface area contributed by atoms with E-state index in [4.69, 9.17) is 4.42 Å². The summed E-state index contributed by atoms with van der Waals surface area (Å²) in [4.78, 5) is 12.0. The van der Waals surface area contributed by atoms with E-state index < -0.39 is 5.76 Å². The van der Waals surface area contributed by atoms with Crippen molar-refractivity contribution in [3.05, 3.63) is 53.5 Å². The van der Waals surface area contributed by atoms with E-state index in [9.17, 15) is 13.6 Å². The van der Waals surface area contributed by atoms with Crippen molar-refractivity contribution in [1.29, 1.82) is 0 Å². The number of alkyl halides is 2. The van der Waals surface area contributed by atoms with Gasteiger partial charge in [-0.15, -0.1) is 0 Å². The fourth-order valence-corrected chi connectivity index (χ4v) is 3.19. The number of carbonyl (C=O) groups excluding carboxylic acids is 1. The van der Waals surface area contributed by atoms with Crippen molar-refractivity contribution in [2.45, 2.75) is 43.9 Å². The smallest absolute Gasteiger partial charge is 0.284 e. The second kappa shape index (κ2) is 9.19. The molecular weight excluding hydrogens is 358 g/mol. The number of nitrogens with one attached hydrogen (secondary N) is 2. The number of hydrogen-bond donors (Lipinski definition) is 2. The average Bonchev–Trinajstić information content (AvgIpc) is 2.99. The molecule has 26 heavy (non-hydrogen) atoms. The van der Waals surface area contributed by atoms with Crippen LogP contribution in [0.2, 0.25) is 0 Å². The number of furan rings is 1. The molecule has 0 spiro atoms. The van der Waals surface area contributed by atoms with Crippen LogP contribution in [0.25, 0.3) is 0 Å². The SMILES string of the molecule is O=C(Nc1cccc(CNCc2ccc(CSC(F)F)o2)c1)C1CCC1. The molecule has 2 aromatic rings. The number of carbonyl (C=O) groups is 1. The minimum absolute atomic E-state index is 0.103. The molecule has 4 nitrogen and oxygen atoms in total. The maximum absolute atomic E-state index is 12.2. The first-order valence-corrected chi connectivity index (χ1v) is 9.73. The fourth-order valence-electron chi connectivity index (χ4n) is 2.74. The number of halogens is 2. The van der Waals surface area contributed by atoms with E-state index in [0.717, 1.165) is 30.5 Å². The van der Waals surface area contributed by atoms with E-state index in [1.807, 2.05) is 24.3 Å². The van der Waals surface area contributed by atoms with Gasteiger partial charge in [-0.3, -0.25) is 4.79 Å². The first-order chi connectivity index (χ1) is 12.6. The number of benzene rings is 1. The Morgan fingerprint density at radius 3 is 2.73 bits per heavy atom. The molecule has 1 saturated carbocycles. The average molecular weight is 380 g/mol. The standard InChI is InChI=1S/C19H22F2N2O2S/c20-19(21)26-12-17-8-7-16(25-17)11-22-10-13-3-1-6-15(9-13)23-18(24)14-4-2-5-14/h1,3,6-9,14,19,22H,2,4-5,10-12H2,(H,23,24). The van der Waals surface area contributed by atoms with Crippen LogP contribution in [0.1, 0.15) is 36.3 Å². The van der Waals surface area contributed by atoms with Gasteiger partial charge in [0.15, 0.2) is 0 Å². The molecule has 1 aliphatic rings. The summed E-state index contributed by atoms with van der Waals surface area (Å²) in [7, 11) is 0. The topological polar surface area (TPSA) is 54.3 Å². The molecule has 0 atom stereocenters. The van der Waals surface area contributed by atoms with Crippen molar-refractivity contribution < 1.29 is 18.0 Å². The summed E-state index contributed by atoms with van der Waals surface area (Å²) >= 11 is 0.550. The molecule has 0 aliphatic heterocycles. The minimum atomic E-state index is -2.39. The normalized spacial score (nSPS) is 14.4. The predicted octanol–water partition coefficient (Wildman–Crippen LogP) is 4.76. The number of rotatable bonds is 9. The highest BCUT2D eigenvalue weighted by molar-refractivity contribution is 7.98. The molecule has 1 amide bonds. The van der Waals surface area contributed by atoms with E-state index in [0.29, 0.717) is 36.4 Å². The molecule has 0 bridgehead atoms. The van der Waals surface area contributed by atoms with Gasteiger partial charge in [0.25, 0.3) is 5.76 Å². The van der Waals surface area contributed by atoms with Crippen LogP contribution in [-0.4, -0.2) is 11.7 Å². The molecule has 2 N–H and O–H groups in total. The molecule has 1 aromatic heterocycles. The Bertz CT molecular complexity index is 732. The predicted molar refractivity (Wildman–Crippen MR) is 99.0 cm³/mol. The van der Waals surface area contributed by atoms with Crippen LogP contribution in [-0.2, 0) is 23.6 Å². The summed E-state index contributed by atoms with van der Waals surface area (Å²) < 4.78 is 29.9. The zero-order chi connectivity index (χ0) is 18.4. The van der Waals surface area contributed by atoms with E-state index in [2.05, 4.69) is 10.6 Å². The molecule has 1 aliphatic carbocycles. The number of hydrogen-bond acceptors (Lipinski definition) is 4. The maximum Gasteiger partial charge on any atom is 0.284 e. The first kappa shape index (κ1) is 18.9. The van der Waals surface area contributed by atoms with Gasteiger partial charge in [0, 0.05) is 18.2 Å². The molecule has 1 fully saturated rings. The lowest BCUT2D eigenvalue weighted by atomic mass is 9.85. The van der Waals surface area contributed by atoms with E-state index >= 15 is 0 Å². The van der Waals surface area contributed by atoms with E-state index in [1.165, 1.54) is 0 Å². The van der Waals surface area contributed by atoms with Gasteiger partial charge in [0.05, 0.1) is 12.3 Å². The molecule has 7 heteroatoms. The lowest BCUT2D eigenvalue weighted by molar-refractivity contribution is -0.122. The highest BCUT2D eigenvalue weighted by Crippen LogP contribution is 2.27. The summed E-state index contributed by atoms with van der Waals surface area (Å²) in [5.74, 6) is -0.699. The molecule has 1 heterocycles. The fraction of sp³-hybridized carbons (Fsp3) is 0.421. The third-order valence-corrected chi connectivity index (χ3v) is 5.07. The zero-order valence-electron chi connectivity index (χ0n) is 14.3. The van der Waals surface area contributed by atoms with Crippen LogP contribution >= 0.6 is 11.8 Å². The Morgan fingerprint density at radius 1 is 1.19 bits per heavy atom. The highest BCUT2D eigenvalue weighted by atomic mass is 32.2. The van der Waals surface area contributed by atoms with Gasteiger partial charge in [0.2, 0.25) is 5.91 Å². The molecule has 0 saturated heterocycles. The summed E-state index contributed by atoms with van der Waals surface area (Å²) in [6.45, 7) is 1.13. The van der Waals surface area contributed by atoms with Crippen molar-refractivity contribution in [3.8, 4) is 0 Å². The Hall–Kier alpha value is -1.86. The third kappa shape index (κ3) is 5.57. The van der Waals surface area contributed by atoms with Gasteiger partial charge in [-0.05, 0) is 42.7 Å². The van der Waals surface area contributed by atoms with Gasteiger partial charge in [-0.1, -0.05) is 30.3 Å². The molecular formula is C19H22F2N2O2S. The largest absolute Gasteiger partial charge is 0.464 e. The van der Waals surface area contributed by atoms with Crippen LogP contribution in [0.5, 0.6) is 0 Å². The van der Waals surface area contributed by atoms with Crippen molar-refractivity contribution in [2.24, 2.45) is 5.92 Å². The van der Waals surface area contributed by atoms with Crippen molar-refractivity contribution in [2.75, 3.05) is 5.32 Å². The van der Waals surface area contributed by atoms with Crippen LogP contribution in [0, 0.1) is 5.92 Å². The van der Waals surface area contributed by atoms with Crippen molar-refractivity contribution >= 4 is 23.4 Å². The lowest BCUT2D eigenvalue weighted by Crippen LogP contribution is -2.28. The van der Waals surface area contributed by atoms with E-state index in [-0.39, 0.29) is 17.6 Å².